The predicted octanol–water partition coefficient (Wildman–Crippen LogP) is 2.74. The third kappa shape index (κ3) is 3.12. The number of aryl methyl sites for hydroxylation is 1. The smallest absolute Gasteiger partial charge is 0.255 e. The first-order valence-electron chi connectivity index (χ1n) is 6.47. The average molecular weight is 270 g/mol. The number of hydrogen-bond donors (Lipinski definition) is 2. The summed E-state index contributed by atoms with van der Waals surface area (Å²) < 4.78 is 0. The van der Waals surface area contributed by atoms with Crippen LogP contribution in [-0.2, 0) is 0 Å². The molecule has 3 N–H and O–H groups in total. The van der Waals surface area contributed by atoms with Gasteiger partial charge in [-0.2, -0.15) is 0 Å². The Bertz CT molecular complexity index is 638. The maximum absolute atomic E-state index is 12.3. The number of nitrogen functional groups attached to an aromatic ring is 1. The molecule has 0 spiro atoms. The average Bonchev–Trinajstić information content (AvgIpc) is 2.40. The first-order valence-corrected chi connectivity index (χ1v) is 6.47. The van der Waals surface area contributed by atoms with Crippen molar-refractivity contribution < 1.29 is 4.79 Å². The normalized spacial score (nSPS) is 10.6. The van der Waals surface area contributed by atoms with E-state index >= 15 is 0 Å². The molecule has 0 unspecified atom stereocenters. The fourth-order valence-corrected chi connectivity index (χ4v) is 1.81. The van der Waals surface area contributed by atoms with E-state index in [9.17, 15) is 4.79 Å². The van der Waals surface area contributed by atoms with Crippen LogP contribution in [0.3, 0.4) is 0 Å². The number of amides is 1. The topological polar surface area (TPSA) is 80.9 Å². The molecule has 0 atom stereocenters. The van der Waals surface area contributed by atoms with E-state index in [4.69, 9.17) is 5.73 Å². The lowest BCUT2D eigenvalue weighted by Crippen LogP contribution is -2.14. The van der Waals surface area contributed by atoms with Gasteiger partial charge in [0.25, 0.3) is 5.91 Å². The molecule has 104 valence electrons. The summed E-state index contributed by atoms with van der Waals surface area (Å²) in [6.07, 6.45) is 3.35. The largest absolute Gasteiger partial charge is 0.384 e. The molecule has 1 amide bonds. The van der Waals surface area contributed by atoms with Gasteiger partial charge in [-0.25, -0.2) is 4.98 Å². The van der Waals surface area contributed by atoms with Crippen LogP contribution < -0.4 is 11.1 Å². The molecule has 2 aromatic heterocycles. The maximum atomic E-state index is 12.3. The second kappa shape index (κ2) is 5.69. The molecular formula is C15H18N4O. The van der Waals surface area contributed by atoms with Crippen LogP contribution in [0.1, 0.15) is 41.4 Å². The highest BCUT2D eigenvalue weighted by Crippen LogP contribution is 2.18. The van der Waals surface area contributed by atoms with Crippen molar-refractivity contribution in [2.24, 2.45) is 0 Å². The Morgan fingerprint density at radius 3 is 2.75 bits per heavy atom. The van der Waals surface area contributed by atoms with Crippen LogP contribution >= 0.6 is 0 Å². The number of nitrogens with two attached hydrogens (primary N) is 1. The first kappa shape index (κ1) is 14.0. The van der Waals surface area contributed by atoms with Gasteiger partial charge in [-0.15, -0.1) is 0 Å². The van der Waals surface area contributed by atoms with Gasteiger partial charge >= 0.3 is 0 Å². The lowest BCUT2D eigenvalue weighted by molar-refractivity contribution is 0.102. The second-order valence-corrected chi connectivity index (χ2v) is 5.00. The number of carbonyl (C=O) groups excluding carboxylic acids is 1. The number of aromatic nitrogens is 2. The molecule has 0 aliphatic heterocycles. The Hall–Kier alpha value is -2.43. The molecule has 2 aromatic rings. The van der Waals surface area contributed by atoms with Crippen LogP contribution in [0.5, 0.6) is 0 Å². The molecule has 0 fully saturated rings. The third-order valence-corrected chi connectivity index (χ3v) is 2.99. The summed E-state index contributed by atoms with van der Waals surface area (Å²) in [6, 6.07) is 5.12. The van der Waals surface area contributed by atoms with Gasteiger partial charge in [0.15, 0.2) is 0 Å². The Balaban J connectivity index is 2.28. The van der Waals surface area contributed by atoms with E-state index in [2.05, 4.69) is 15.3 Å². The zero-order valence-corrected chi connectivity index (χ0v) is 11.8. The number of rotatable bonds is 3. The summed E-state index contributed by atoms with van der Waals surface area (Å²) in [5.74, 6) is 0.371. The van der Waals surface area contributed by atoms with E-state index in [1.165, 1.54) is 0 Å². The van der Waals surface area contributed by atoms with Crippen LogP contribution in [0.25, 0.3) is 0 Å². The SMILES string of the molecule is Cc1cnccc1NC(=O)c1cc(N)nc(C(C)C)c1. The van der Waals surface area contributed by atoms with E-state index in [1.807, 2.05) is 20.8 Å². The van der Waals surface area contributed by atoms with Crippen LogP contribution in [0.2, 0.25) is 0 Å². The molecule has 0 saturated heterocycles. The zero-order chi connectivity index (χ0) is 14.7. The van der Waals surface area contributed by atoms with Crippen molar-refractivity contribution >= 4 is 17.4 Å². The lowest BCUT2D eigenvalue weighted by Gasteiger charge is -2.11. The number of pyridine rings is 2. The van der Waals surface area contributed by atoms with Gasteiger partial charge in [-0.3, -0.25) is 9.78 Å². The van der Waals surface area contributed by atoms with Crippen molar-refractivity contribution in [1.29, 1.82) is 0 Å². The van der Waals surface area contributed by atoms with Crippen molar-refractivity contribution in [3.63, 3.8) is 0 Å². The monoisotopic (exact) mass is 270 g/mol. The highest BCUT2D eigenvalue weighted by atomic mass is 16.1. The highest BCUT2D eigenvalue weighted by molar-refractivity contribution is 6.05. The summed E-state index contributed by atoms with van der Waals surface area (Å²) in [7, 11) is 0. The minimum atomic E-state index is -0.199. The van der Waals surface area contributed by atoms with Crippen LogP contribution in [0, 0.1) is 6.92 Å². The summed E-state index contributed by atoms with van der Waals surface area (Å²) in [4.78, 5) is 20.5. The quantitative estimate of drug-likeness (QED) is 0.898. The molecule has 2 rings (SSSR count). The van der Waals surface area contributed by atoms with E-state index < -0.39 is 0 Å². The highest BCUT2D eigenvalue weighted by Gasteiger charge is 2.12. The predicted molar refractivity (Wildman–Crippen MR) is 79.7 cm³/mol. The van der Waals surface area contributed by atoms with Crippen LogP contribution in [0.15, 0.2) is 30.6 Å². The zero-order valence-electron chi connectivity index (χ0n) is 11.8. The summed E-state index contributed by atoms with van der Waals surface area (Å²) in [6.45, 7) is 5.91. The molecule has 0 saturated carbocycles. The Morgan fingerprint density at radius 1 is 1.35 bits per heavy atom. The Labute approximate surface area is 118 Å². The molecule has 0 radical (unpaired) electrons. The molecule has 2 heterocycles. The number of hydrogen-bond acceptors (Lipinski definition) is 4. The second-order valence-electron chi connectivity index (χ2n) is 5.00. The van der Waals surface area contributed by atoms with Crippen LogP contribution in [-0.4, -0.2) is 15.9 Å². The van der Waals surface area contributed by atoms with Crippen molar-refractivity contribution in [3.8, 4) is 0 Å². The standard InChI is InChI=1S/C15H18N4O/c1-9(2)13-6-11(7-14(16)18-13)15(20)19-12-4-5-17-8-10(12)3/h4-9H,1-3H3,(H2,16,18)(H,17,19,20). The molecule has 5 heteroatoms. The van der Waals surface area contributed by atoms with E-state index in [0.717, 1.165) is 16.9 Å². The minimum Gasteiger partial charge on any atom is -0.384 e. The van der Waals surface area contributed by atoms with Gasteiger partial charge in [-0.1, -0.05) is 13.8 Å². The van der Waals surface area contributed by atoms with Gasteiger partial charge in [0.1, 0.15) is 5.82 Å². The molecule has 0 bridgehead atoms. The Morgan fingerprint density at radius 2 is 2.10 bits per heavy atom. The molecule has 20 heavy (non-hydrogen) atoms. The number of anilines is 2. The van der Waals surface area contributed by atoms with E-state index in [-0.39, 0.29) is 11.8 Å². The van der Waals surface area contributed by atoms with Crippen molar-refractivity contribution in [2.75, 3.05) is 11.1 Å². The third-order valence-electron chi connectivity index (χ3n) is 2.99. The number of nitrogens with one attached hydrogen (secondary N) is 1. The first-order chi connectivity index (χ1) is 9.47. The van der Waals surface area contributed by atoms with E-state index in [1.54, 1.807) is 30.6 Å². The maximum Gasteiger partial charge on any atom is 0.255 e. The van der Waals surface area contributed by atoms with Crippen molar-refractivity contribution in [3.05, 3.63) is 47.4 Å². The van der Waals surface area contributed by atoms with Gasteiger partial charge in [0.05, 0.1) is 0 Å². The fourth-order valence-electron chi connectivity index (χ4n) is 1.81. The minimum absolute atomic E-state index is 0.199. The summed E-state index contributed by atoms with van der Waals surface area (Å²) >= 11 is 0. The molecule has 5 nitrogen and oxygen atoms in total. The molecule has 0 aliphatic carbocycles. The van der Waals surface area contributed by atoms with E-state index in [0.29, 0.717) is 11.4 Å². The molecule has 0 aliphatic rings. The lowest BCUT2D eigenvalue weighted by atomic mass is 10.1. The number of carbonyl (C=O) groups is 1. The van der Waals surface area contributed by atoms with Crippen molar-refractivity contribution in [1.82, 2.24) is 9.97 Å². The van der Waals surface area contributed by atoms with Crippen molar-refractivity contribution in [2.45, 2.75) is 26.7 Å². The number of nitrogens with zero attached hydrogens (tertiary/aromatic N) is 2. The van der Waals surface area contributed by atoms with Crippen LogP contribution in [0.4, 0.5) is 11.5 Å². The fraction of sp³-hybridized carbons (Fsp3) is 0.267. The van der Waals surface area contributed by atoms with Gasteiger partial charge < -0.3 is 11.1 Å². The summed E-state index contributed by atoms with van der Waals surface area (Å²) in [5, 5.41) is 2.86. The van der Waals surface area contributed by atoms with Gasteiger partial charge in [-0.05, 0) is 36.6 Å². The Kier molecular flexibility index (Phi) is 3.98. The molecular weight excluding hydrogens is 252 g/mol. The molecule has 0 aromatic carbocycles. The van der Waals surface area contributed by atoms with Gasteiger partial charge in [0.2, 0.25) is 0 Å². The van der Waals surface area contributed by atoms with Gasteiger partial charge in [0, 0.05) is 29.3 Å². The summed E-state index contributed by atoms with van der Waals surface area (Å²) in [5.41, 5.74) is 8.73.